The normalized spacial score (nSPS) is 16.9. The highest BCUT2D eigenvalue weighted by atomic mass is 32.2. The zero-order valence-corrected chi connectivity index (χ0v) is 13.1. The van der Waals surface area contributed by atoms with Gasteiger partial charge in [0.05, 0.1) is 5.75 Å². The molecule has 2 rings (SSSR count). The van der Waals surface area contributed by atoms with Crippen LogP contribution in [-0.2, 0) is 16.3 Å². The van der Waals surface area contributed by atoms with Gasteiger partial charge in [-0.3, -0.25) is 0 Å². The third-order valence-corrected chi connectivity index (χ3v) is 5.64. The standard InChI is InChI=1S/C15H24N2O2S/c1-3-20(18,19)10-9-17-8-4-5-14-11-13(12(2)16)6-7-15(14)17/h6-7,11-12H,3-5,8-10,16H2,1-2H3. The summed E-state index contributed by atoms with van der Waals surface area (Å²) in [6, 6.07) is 6.35. The van der Waals surface area contributed by atoms with Crippen LogP contribution in [0.2, 0.25) is 0 Å². The zero-order chi connectivity index (χ0) is 14.8. The average molecular weight is 296 g/mol. The van der Waals surface area contributed by atoms with E-state index in [4.69, 9.17) is 5.73 Å². The van der Waals surface area contributed by atoms with Gasteiger partial charge in [0.2, 0.25) is 0 Å². The third kappa shape index (κ3) is 3.52. The predicted molar refractivity (Wildman–Crippen MR) is 83.9 cm³/mol. The monoisotopic (exact) mass is 296 g/mol. The number of hydrogen-bond acceptors (Lipinski definition) is 4. The van der Waals surface area contributed by atoms with Crippen LogP contribution in [0.15, 0.2) is 18.2 Å². The average Bonchev–Trinajstić information content (AvgIpc) is 2.44. The quantitative estimate of drug-likeness (QED) is 0.901. The van der Waals surface area contributed by atoms with Gasteiger partial charge in [0.25, 0.3) is 0 Å². The lowest BCUT2D eigenvalue weighted by Crippen LogP contribution is -2.34. The fourth-order valence-electron chi connectivity index (χ4n) is 2.60. The zero-order valence-electron chi connectivity index (χ0n) is 12.3. The van der Waals surface area contributed by atoms with Gasteiger partial charge < -0.3 is 10.6 Å². The first-order valence-corrected chi connectivity index (χ1v) is 9.09. The summed E-state index contributed by atoms with van der Waals surface area (Å²) in [7, 11) is -2.90. The number of hydrogen-bond donors (Lipinski definition) is 1. The van der Waals surface area contributed by atoms with Gasteiger partial charge in [0, 0.05) is 30.6 Å². The maximum Gasteiger partial charge on any atom is 0.151 e. The van der Waals surface area contributed by atoms with E-state index >= 15 is 0 Å². The molecular weight excluding hydrogens is 272 g/mol. The van der Waals surface area contributed by atoms with E-state index in [1.807, 2.05) is 6.92 Å². The van der Waals surface area contributed by atoms with Crippen molar-refractivity contribution in [2.45, 2.75) is 32.7 Å². The maximum atomic E-state index is 11.7. The SMILES string of the molecule is CCS(=O)(=O)CCN1CCCc2cc(C(C)N)ccc21. The van der Waals surface area contributed by atoms with Crippen LogP contribution in [0.5, 0.6) is 0 Å². The fourth-order valence-corrected chi connectivity index (χ4v) is 3.39. The van der Waals surface area contributed by atoms with E-state index in [-0.39, 0.29) is 17.5 Å². The first kappa shape index (κ1) is 15.3. The van der Waals surface area contributed by atoms with Crippen LogP contribution >= 0.6 is 0 Å². The Morgan fingerprint density at radius 1 is 1.40 bits per heavy atom. The van der Waals surface area contributed by atoms with Crippen molar-refractivity contribution < 1.29 is 8.42 Å². The van der Waals surface area contributed by atoms with E-state index in [9.17, 15) is 8.42 Å². The van der Waals surface area contributed by atoms with Gasteiger partial charge in [0.1, 0.15) is 0 Å². The molecule has 112 valence electrons. The van der Waals surface area contributed by atoms with Crippen LogP contribution in [0.4, 0.5) is 5.69 Å². The van der Waals surface area contributed by atoms with Crippen molar-refractivity contribution >= 4 is 15.5 Å². The Morgan fingerprint density at radius 2 is 2.15 bits per heavy atom. The van der Waals surface area contributed by atoms with Crippen LogP contribution in [-0.4, -0.2) is 33.0 Å². The Morgan fingerprint density at radius 3 is 2.80 bits per heavy atom. The van der Waals surface area contributed by atoms with E-state index in [0.29, 0.717) is 6.54 Å². The first-order chi connectivity index (χ1) is 9.43. The number of nitrogens with zero attached hydrogens (tertiary/aromatic N) is 1. The van der Waals surface area contributed by atoms with Crippen molar-refractivity contribution in [3.05, 3.63) is 29.3 Å². The molecule has 0 saturated carbocycles. The second-order valence-corrected chi connectivity index (χ2v) is 7.98. The molecule has 0 amide bonds. The third-order valence-electron chi connectivity index (χ3n) is 3.96. The predicted octanol–water partition coefficient (Wildman–Crippen LogP) is 1.89. The molecule has 0 saturated heterocycles. The largest absolute Gasteiger partial charge is 0.370 e. The molecule has 0 spiro atoms. The summed E-state index contributed by atoms with van der Waals surface area (Å²) >= 11 is 0. The molecule has 1 heterocycles. The minimum Gasteiger partial charge on any atom is -0.370 e. The number of sulfone groups is 1. The van der Waals surface area contributed by atoms with Crippen LogP contribution in [0.3, 0.4) is 0 Å². The summed E-state index contributed by atoms with van der Waals surface area (Å²) in [5.74, 6) is 0.454. The van der Waals surface area contributed by atoms with Crippen molar-refractivity contribution in [1.29, 1.82) is 0 Å². The van der Waals surface area contributed by atoms with Crippen LogP contribution in [0, 0.1) is 0 Å². The topological polar surface area (TPSA) is 63.4 Å². The molecule has 1 aromatic rings. The fraction of sp³-hybridized carbons (Fsp3) is 0.600. The van der Waals surface area contributed by atoms with Gasteiger partial charge in [-0.1, -0.05) is 19.1 Å². The molecule has 1 aliphatic heterocycles. The number of anilines is 1. The Labute approximate surface area is 121 Å². The summed E-state index contributed by atoms with van der Waals surface area (Å²) in [5, 5.41) is 0. The molecule has 4 nitrogen and oxygen atoms in total. The highest BCUT2D eigenvalue weighted by Crippen LogP contribution is 2.29. The first-order valence-electron chi connectivity index (χ1n) is 7.26. The van der Waals surface area contributed by atoms with E-state index < -0.39 is 9.84 Å². The van der Waals surface area contributed by atoms with E-state index in [1.165, 1.54) is 11.3 Å². The molecule has 1 aromatic carbocycles. The molecule has 0 aromatic heterocycles. The number of aryl methyl sites for hydroxylation is 1. The van der Waals surface area contributed by atoms with Gasteiger partial charge in [0.15, 0.2) is 9.84 Å². The van der Waals surface area contributed by atoms with Gasteiger partial charge >= 0.3 is 0 Å². The molecule has 0 radical (unpaired) electrons. The molecule has 0 bridgehead atoms. The number of rotatable bonds is 5. The van der Waals surface area contributed by atoms with Gasteiger partial charge in [-0.25, -0.2) is 8.42 Å². The van der Waals surface area contributed by atoms with Crippen molar-refractivity contribution in [3.63, 3.8) is 0 Å². The van der Waals surface area contributed by atoms with Crippen molar-refractivity contribution in [3.8, 4) is 0 Å². The van der Waals surface area contributed by atoms with Crippen LogP contribution in [0.25, 0.3) is 0 Å². The van der Waals surface area contributed by atoms with Crippen molar-refractivity contribution in [2.75, 3.05) is 29.5 Å². The minimum atomic E-state index is -2.90. The molecule has 5 heteroatoms. The molecule has 1 atom stereocenters. The minimum absolute atomic E-state index is 0.0381. The summed E-state index contributed by atoms with van der Waals surface area (Å²) in [6.45, 7) is 5.20. The molecular formula is C15H24N2O2S. The molecule has 1 aliphatic rings. The molecule has 0 fully saturated rings. The van der Waals surface area contributed by atoms with Crippen molar-refractivity contribution in [1.82, 2.24) is 0 Å². The lowest BCUT2D eigenvalue weighted by molar-refractivity contribution is 0.594. The summed E-state index contributed by atoms with van der Waals surface area (Å²) in [4.78, 5) is 2.19. The molecule has 2 N–H and O–H groups in total. The van der Waals surface area contributed by atoms with E-state index in [0.717, 1.165) is 24.9 Å². The van der Waals surface area contributed by atoms with Crippen LogP contribution in [0.1, 0.15) is 37.4 Å². The highest BCUT2D eigenvalue weighted by Gasteiger charge is 2.19. The van der Waals surface area contributed by atoms with Crippen molar-refractivity contribution in [2.24, 2.45) is 5.73 Å². The van der Waals surface area contributed by atoms with Gasteiger partial charge in [-0.05, 0) is 37.0 Å². The Hall–Kier alpha value is -1.07. The lowest BCUT2D eigenvalue weighted by atomic mass is 9.97. The molecule has 20 heavy (non-hydrogen) atoms. The van der Waals surface area contributed by atoms with Gasteiger partial charge in [-0.2, -0.15) is 0 Å². The van der Waals surface area contributed by atoms with Gasteiger partial charge in [-0.15, -0.1) is 0 Å². The maximum absolute atomic E-state index is 11.7. The number of nitrogens with two attached hydrogens (primary N) is 1. The Balaban J connectivity index is 2.16. The lowest BCUT2D eigenvalue weighted by Gasteiger charge is -2.31. The van der Waals surface area contributed by atoms with Crippen LogP contribution < -0.4 is 10.6 Å². The van der Waals surface area contributed by atoms with E-state index in [2.05, 4.69) is 23.1 Å². The number of benzene rings is 1. The molecule has 0 aliphatic carbocycles. The smallest absolute Gasteiger partial charge is 0.151 e. The summed E-state index contributed by atoms with van der Waals surface area (Å²) in [5.41, 5.74) is 9.53. The second kappa shape index (κ2) is 6.14. The Bertz CT molecular complexity index is 567. The summed E-state index contributed by atoms with van der Waals surface area (Å²) < 4.78 is 23.3. The summed E-state index contributed by atoms with van der Waals surface area (Å²) in [6.07, 6.45) is 2.12. The number of fused-ring (bicyclic) bond motifs is 1. The molecule has 1 unspecified atom stereocenters. The Kier molecular flexibility index (Phi) is 4.70. The van der Waals surface area contributed by atoms with E-state index in [1.54, 1.807) is 6.92 Å². The second-order valence-electron chi connectivity index (χ2n) is 5.50. The highest BCUT2D eigenvalue weighted by molar-refractivity contribution is 7.91.